The molecule has 0 unspecified atom stereocenters. The topological polar surface area (TPSA) is 3.24 Å². The van der Waals surface area contributed by atoms with Gasteiger partial charge >= 0.3 is 0 Å². The van der Waals surface area contributed by atoms with Gasteiger partial charge in [-0.1, -0.05) is 165 Å². The lowest BCUT2D eigenvalue weighted by Crippen LogP contribution is -2.17. The summed E-state index contributed by atoms with van der Waals surface area (Å²) in [6, 6.07) is 73.3. The minimum absolute atomic E-state index is 0.0998. The fourth-order valence-corrected chi connectivity index (χ4v) is 12.3. The summed E-state index contributed by atoms with van der Waals surface area (Å²) in [5.41, 5.74) is 16.2. The Morgan fingerprint density at radius 1 is 0.373 bits per heavy atom. The lowest BCUT2D eigenvalue weighted by Gasteiger charge is -2.28. The third-order valence-corrected chi connectivity index (χ3v) is 15.6. The molecule has 282 valence electrons. The Hall–Kier alpha value is -6.04. The molecule has 0 spiro atoms. The van der Waals surface area contributed by atoms with E-state index in [-0.39, 0.29) is 5.41 Å². The highest BCUT2D eigenvalue weighted by atomic mass is 32.2. The van der Waals surface area contributed by atoms with E-state index in [0.717, 1.165) is 17.1 Å². The second kappa shape index (κ2) is 14.7. The Labute approximate surface area is 359 Å². The zero-order valence-corrected chi connectivity index (χ0v) is 35.2. The fourth-order valence-electron chi connectivity index (χ4n) is 8.76. The van der Waals surface area contributed by atoms with E-state index in [9.17, 15) is 0 Å². The van der Waals surface area contributed by atoms with Gasteiger partial charge < -0.3 is 4.90 Å². The fraction of sp³-hybridized carbons (Fsp3) is 0.0545. The van der Waals surface area contributed by atoms with Gasteiger partial charge in [0.15, 0.2) is 0 Å². The average molecular weight is 810 g/mol. The molecule has 0 atom stereocenters. The van der Waals surface area contributed by atoms with Gasteiger partial charge in [-0.2, -0.15) is 0 Å². The third kappa shape index (κ3) is 6.44. The molecule has 0 saturated carbocycles. The highest BCUT2D eigenvalue weighted by molar-refractivity contribution is 8.05. The number of hydrogen-bond donors (Lipinski definition) is 0. The van der Waals surface area contributed by atoms with E-state index in [0.29, 0.717) is 0 Å². The van der Waals surface area contributed by atoms with Gasteiger partial charge in [0.25, 0.3) is 0 Å². The van der Waals surface area contributed by atoms with Crippen LogP contribution in [0.5, 0.6) is 0 Å². The monoisotopic (exact) mass is 809 g/mol. The van der Waals surface area contributed by atoms with Crippen LogP contribution >= 0.6 is 34.9 Å². The summed E-state index contributed by atoms with van der Waals surface area (Å²) < 4.78 is 0. The molecule has 2 aliphatic rings. The molecular formula is C55H39NS3. The molecule has 1 nitrogen and oxygen atoms in total. The summed E-state index contributed by atoms with van der Waals surface area (Å²) in [6.07, 6.45) is 0. The first-order valence-corrected chi connectivity index (χ1v) is 22.5. The van der Waals surface area contributed by atoms with Gasteiger partial charge in [0.05, 0.1) is 0 Å². The van der Waals surface area contributed by atoms with Gasteiger partial charge in [-0.15, -0.1) is 11.3 Å². The van der Waals surface area contributed by atoms with Crippen LogP contribution in [0, 0.1) is 0 Å². The molecule has 8 aromatic carbocycles. The largest absolute Gasteiger partial charge is 0.311 e. The summed E-state index contributed by atoms with van der Waals surface area (Å²) in [5.74, 6) is 0. The third-order valence-electron chi connectivity index (χ3n) is 11.8. The number of anilines is 3. The predicted octanol–water partition coefficient (Wildman–Crippen LogP) is 16.8. The second-order valence-corrected chi connectivity index (χ2v) is 18.9. The number of thiophene rings is 1. The van der Waals surface area contributed by atoms with Crippen LogP contribution in [0.25, 0.3) is 54.3 Å². The first-order valence-electron chi connectivity index (χ1n) is 20.1. The van der Waals surface area contributed by atoms with Crippen molar-refractivity contribution in [1.82, 2.24) is 0 Å². The van der Waals surface area contributed by atoms with Crippen LogP contribution < -0.4 is 4.90 Å². The van der Waals surface area contributed by atoms with Crippen molar-refractivity contribution < 1.29 is 0 Å². The minimum atomic E-state index is -0.0998. The van der Waals surface area contributed by atoms with E-state index < -0.39 is 0 Å². The first kappa shape index (κ1) is 36.1. The van der Waals surface area contributed by atoms with Crippen molar-refractivity contribution in [3.63, 3.8) is 0 Å². The maximum atomic E-state index is 2.46. The van der Waals surface area contributed by atoms with E-state index in [1.807, 2.05) is 34.9 Å². The molecule has 0 bridgehead atoms. The molecule has 2 heterocycles. The smallest absolute Gasteiger partial charge is 0.0462 e. The van der Waals surface area contributed by atoms with Crippen molar-refractivity contribution >= 4 is 51.9 Å². The summed E-state index contributed by atoms with van der Waals surface area (Å²) in [7, 11) is 0. The van der Waals surface area contributed by atoms with Crippen LogP contribution in [0.15, 0.2) is 220 Å². The predicted molar refractivity (Wildman–Crippen MR) is 253 cm³/mol. The molecule has 0 saturated heterocycles. The number of fused-ring (bicyclic) bond motifs is 6. The maximum absolute atomic E-state index is 2.46. The number of nitrogens with zero attached hydrogens (tertiary/aromatic N) is 1. The van der Waals surface area contributed by atoms with Gasteiger partial charge in [-0.3, -0.25) is 0 Å². The summed E-state index contributed by atoms with van der Waals surface area (Å²) in [5, 5.41) is 0. The van der Waals surface area contributed by atoms with Crippen molar-refractivity contribution in [2.75, 3.05) is 4.90 Å². The van der Waals surface area contributed by atoms with Crippen LogP contribution in [0.1, 0.15) is 25.0 Å². The molecule has 1 aliphatic heterocycles. The molecule has 0 radical (unpaired) electrons. The molecular weight excluding hydrogens is 771 g/mol. The van der Waals surface area contributed by atoms with Gasteiger partial charge in [0, 0.05) is 51.8 Å². The first-order chi connectivity index (χ1) is 29.0. The number of rotatable bonds is 7. The highest BCUT2D eigenvalue weighted by Crippen LogP contribution is 2.59. The summed E-state index contributed by atoms with van der Waals surface area (Å²) >= 11 is 5.71. The van der Waals surface area contributed by atoms with E-state index >= 15 is 0 Å². The van der Waals surface area contributed by atoms with Crippen LogP contribution in [0.2, 0.25) is 0 Å². The minimum Gasteiger partial charge on any atom is -0.311 e. The second-order valence-electron chi connectivity index (χ2n) is 15.7. The quantitative estimate of drug-likeness (QED) is 0.158. The average Bonchev–Trinajstić information content (AvgIpc) is 3.88. The standard InChI is InChI=1S/C55H39NS3/c1-55(2)47-35-41(23-30-45(47)46-31-32-52-54(53(46)55)59-51-16-10-9-15-50(51)58-52)49-34-33-48(57-49)40-21-28-44(29-22-40)56(42-24-17-38(18-25-42)36-11-5-3-6-12-36)43-26-19-39(20-27-43)37-13-7-4-8-14-37/h3-35H,1-2H3. The Bertz CT molecular complexity index is 2900. The van der Waals surface area contributed by atoms with Crippen LogP contribution in [0.4, 0.5) is 17.1 Å². The highest BCUT2D eigenvalue weighted by Gasteiger charge is 2.40. The summed E-state index contributed by atoms with van der Waals surface area (Å²) in [6.45, 7) is 4.82. The Morgan fingerprint density at radius 2 is 0.831 bits per heavy atom. The van der Waals surface area contributed by atoms with Crippen molar-refractivity contribution in [3.05, 3.63) is 211 Å². The maximum Gasteiger partial charge on any atom is 0.0462 e. The van der Waals surface area contributed by atoms with Crippen LogP contribution in [0.3, 0.4) is 0 Å². The van der Waals surface area contributed by atoms with Gasteiger partial charge in [-0.05, 0) is 128 Å². The molecule has 11 rings (SSSR count). The Morgan fingerprint density at radius 3 is 1.41 bits per heavy atom. The molecule has 9 aromatic rings. The molecule has 0 N–H and O–H groups in total. The summed E-state index contributed by atoms with van der Waals surface area (Å²) in [4.78, 5) is 10.4. The van der Waals surface area contributed by atoms with Crippen LogP contribution in [-0.4, -0.2) is 0 Å². The van der Waals surface area contributed by atoms with E-state index in [1.165, 1.54) is 85.0 Å². The Kier molecular flexibility index (Phi) is 8.96. The molecule has 1 aliphatic carbocycles. The van der Waals surface area contributed by atoms with E-state index in [4.69, 9.17) is 0 Å². The molecule has 4 heteroatoms. The lowest BCUT2D eigenvalue weighted by molar-refractivity contribution is 0.642. The van der Waals surface area contributed by atoms with Crippen LogP contribution in [-0.2, 0) is 5.41 Å². The van der Waals surface area contributed by atoms with E-state index in [1.54, 1.807) is 0 Å². The SMILES string of the molecule is CC1(C)c2cc(-c3ccc(-c4ccc(N(c5ccc(-c6ccccc6)cc5)c5ccc(-c6ccccc6)cc5)cc4)s3)ccc2-c2ccc3c(c21)Sc1ccccc1S3. The van der Waals surface area contributed by atoms with Crippen molar-refractivity contribution in [2.24, 2.45) is 0 Å². The lowest BCUT2D eigenvalue weighted by atomic mass is 9.82. The molecule has 59 heavy (non-hydrogen) atoms. The van der Waals surface area contributed by atoms with Crippen molar-refractivity contribution in [3.8, 4) is 54.3 Å². The molecule has 0 fully saturated rings. The van der Waals surface area contributed by atoms with Gasteiger partial charge in [-0.25, -0.2) is 0 Å². The van der Waals surface area contributed by atoms with Crippen molar-refractivity contribution in [1.29, 1.82) is 0 Å². The van der Waals surface area contributed by atoms with Gasteiger partial charge in [0.1, 0.15) is 0 Å². The zero-order chi connectivity index (χ0) is 39.5. The number of benzene rings is 8. The normalized spacial score (nSPS) is 13.3. The van der Waals surface area contributed by atoms with E-state index in [2.05, 4.69) is 219 Å². The zero-order valence-electron chi connectivity index (χ0n) is 32.7. The molecule has 1 aromatic heterocycles. The number of hydrogen-bond acceptors (Lipinski definition) is 4. The Balaban J connectivity index is 0.892. The van der Waals surface area contributed by atoms with Crippen molar-refractivity contribution in [2.45, 2.75) is 38.8 Å². The van der Waals surface area contributed by atoms with Gasteiger partial charge in [0.2, 0.25) is 0 Å². The molecule has 0 amide bonds.